The lowest BCUT2D eigenvalue weighted by atomic mass is 9.67. The van der Waals surface area contributed by atoms with Crippen molar-refractivity contribution in [2.45, 2.75) is 76.3 Å². The molecule has 0 amide bonds. The molecule has 1 aliphatic heterocycles. The van der Waals surface area contributed by atoms with Gasteiger partial charge in [-0.05, 0) is 18.8 Å². The third kappa shape index (κ3) is 3.65. The number of hydrogen-bond donors (Lipinski definition) is 2. The summed E-state index contributed by atoms with van der Waals surface area (Å²) in [6.45, 7) is 3.57. The lowest BCUT2D eigenvalue weighted by molar-refractivity contribution is -0.270. The molecule has 3 aliphatic rings. The number of fused-ring (bicyclic) bond motifs is 2. The largest absolute Gasteiger partial charge is 0.392 e. The van der Waals surface area contributed by atoms with Crippen LogP contribution in [0.1, 0.15) is 58.3 Å². The second-order valence-electron chi connectivity index (χ2n) is 7.52. The SMILES string of the molecule is CCCCCCCC(O)C=CC1C(O)C[C@H]2[C@H]1CC21OCCO1. The molecule has 4 heteroatoms. The molecule has 23 heavy (non-hydrogen) atoms. The summed E-state index contributed by atoms with van der Waals surface area (Å²) in [5.41, 5.74) is 0. The van der Waals surface area contributed by atoms with Crippen molar-refractivity contribution in [3.63, 3.8) is 0 Å². The zero-order valence-electron chi connectivity index (χ0n) is 14.3. The topological polar surface area (TPSA) is 58.9 Å². The van der Waals surface area contributed by atoms with Gasteiger partial charge in [-0.3, -0.25) is 0 Å². The molecule has 3 rings (SSSR count). The second kappa shape index (κ2) is 7.64. The molecule has 2 saturated carbocycles. The average Bonchev–Trinajstić information content (AvgIpc) is 3.11. The summed E-state index contributed by atoms with van der Waals surface area (Å²) in [6, 6.07) is 0. The summed E-state index contributed by atoms with van der Waals surface area (Å²) in [4.78, 5) is 0. The summed E-state index contributed by atoms with van der Waals surface area (Å²) in [7, 11) is 0. The molecule has 1 spiro atoms. The molecular formula is C19H32O4. The maximum Gasteiger partial charge on any atom is 0.171 e. The zero-order valence-corrected chi connectivity index (χ0v) is 14.3. The van der Waals surface area contributed by atoms with Crippen molar-refractivity contribution in [2.75, 3.05) is 13.2 Å². The van der Waals surface area contributed by atoms with Crippen LogP contribution in [0.25, 0.3) is 0 Å². The Hall–Kier alpha value is -0.420. The molecule has 2 N–H and O–H groups in total. The molecule has 132 valence electrons. The van der Waals surface area contributed by atoms with Crippen LogP contribution in [0.3, 0.4) is 0 Å². The first-order valence-electron chi connectivity index (χ1n) is 9.48. The first-order valence-corrected chi connectivity index (χ1v) is 9.48. The molecule has 3 unspecified atom stereocenters. The minimum absolute atomic E-state index is 0.146. The van der Waals surface area contributed by atoms with Gasteiger partial charge in [0.25, 0.3) is 0 Å². The third-order valence-corrected chi connectivity index (χ3v) is 5.97. The highest BCUT2D eigenvalue weighted by molar-refractivity contribution is 5.14. The molecule has 1 saturated heterocycles. The van der Waals surface area contributed by atoms with Crippen molar-refractivity contribution in [1.82, 2.24) is 0 Å². The molecule has 0 radical (unpaired) electrons. The Balaban J connectivity index is 1.43. The van der Waals surface area contributed by atoms with Gasteiger partial charge in [0.1, 0.15) is 0 Å². The molecule has 3 fully saturated rings. The Kier molecular flexibility index (Phi) is 5.78. The van der Waals surface area contributed by atoms with Crippen molar-refractivity contribution in [1.29, 1.82) is 0 Å². The van der Waals surface area contributed by atoms with Crippen LogP contribution < -0.4 is 0 Å². The fourth-order valence-corrected chi connectivity index (χ4v) is 4.63. The maximum absolute atomic E-state index is 10.4. The Bertz CT molecular complexity index is 402. The van der Waals surface area contributed by atoms with Gasteiger partial charge in [0, 0.05) is 18.3 Å². The van der Waals surface area contributed by atoms with Crippen molar-refractivity contribution in [3.05, 3.63) is 12.2 Å². The van der Waals surface area contributed by atoms with Gasteiger partial charge in [-0.15, -0.1) is 0 Å². The van der Waals surface area contributed by atoms with Gasteiger partial charge in [-0.1, -0.05) is 51.2 Å². The van der Waals surface area contributed by atoms with E-state index in [0.29, 0.717) is 25.0 Å². The van der Waals surface area contributed by atoms with Crippen LogP contribution in [0.5, 0.6) is 0 Å². The van der Waals surface area contributed by atoms with E-state index in [2.05, 4.69) is 6.92 Å². The standard InChI is InChI=1S/C19H32O4/c1-2-3-4-5-6-7-14(20)8-9-15-16-13-19(22-10-11-23-19)17(16)12-18(15)21/h8-9,14-18,20-21H,2-7,10-13H2,1H3/t14?,15?,16-,17-,18?/m0/s1. The Morgan fingerprint density at radius 1 is 1.17 bits per heavy atom. The molecule has 0 aromatic carbocycles. The Morgan fingerprint density at radius 2 is 1.91 bits per heavy atom. The Labute approximate surface area is 139 Å². The maximum atomic E-state index is 10.4. The van der Waals surface area contributed by atoms with Crippen molar-refractivity contribution in [3.8, 4) is 0 Å². The first-order chi connectivity index (χ1) is 11.2. The molecular weight excluding hydrogens is 292 g/mol. The van der Waals surface area contributed by atoms with E-state index in [1.54, 1.807) is 0 Å². The van der Waals surface area contributed by atoms with E-state index in [1.807, 2.05) is 12.2 Å². The summed E-state index contributed by atoms with van der Waals surface area (Å²) in [6.07, 6.45) is 11.8. The van der Waals surface area contributed by atoms with Crippen LogP contribution in [-0.2, 0) is 9.47 Å². The van der Waals surface area contributed by atoms with Crippen LogP contribution in [0.15, 0.2) is 12.2 Å². The summed E-state index contributed by atoms with van der Waals surface area (Å²) >= 11 is 0. The van der Waals surface area contributed by atoms with Gasteiger partial charge in [0.2, 0.25) is 0 Å². The van der Waals surface area contributed by atoms with Crippen molar-refractivity contribution in [2.24, 2.45) is 17.8 Å². The summed E-state index contributed by atoms with van der Waals surface area (Å²) < 4.78 is 11.6. The lowest BCUT2D eigenvalue weighted by Gasteiger charge is -2.49. The quantitative estimate of drug-likeness (QED) is 0.532. The number of unbranched alkanes of at least 4 members (excludes halogenated alkanes) is 4. The average molecular weight is 324 g/mol. The van der Waals surface area contributed by atoms with E-state index in [4.69, 9.17) is 9.47 Å². The fraction of sp³-hybridized carbons (Fsp3) is 0.895. The minimum Gasteiger partial charge on any atom is -0.392 e. The van der Waals surface area contributed by atoms with Gasteiger partial charge in [0.05, 0.1) is 25.4 Å². The predicted octanol–water partition coefficient (Wildman–Crippen LogP) is 3.02. The van der Waals surface area contributed by atoms with Gasteiger partial charge in [-0.25, -0.2) is 0 Å². The highest BCUT2D eigenvalue weighted by Crippen LogP contribution is 2.60. The van der Waals surface area contributed by atoms with E-state index in [0.717, 1.165) is 25.7 Å². The van der Waals surface area contributed by atoms with Crippen LogP contribution in [0.4, 0.5) is 0 Å². The molecule has 0 aromatic heterocycles. The Morgan fingerprint density at radius 3 is 2.65 bits per heavy atom. The highest BCUT2D eigenvalue weighted by atomic mass is 16.7. The molecule has 1 heterocycles. The highest BCUT2D eigenvalue weighted by Gasteiger charge is 2.64. The van der Waals surface area contributed by atoms with Crippen molar-refractivity contribution < 1.29 is 19.7 Å². The molecule has 4 nitrogen and oxygen atoms in total. The third-order valence-electron chi connectivity index (χ3n) is 5.97. The lowest BCUT2D eigenvalue weighted by Crippen LogP contribution is -2.53. The van der Waals surface area contributed by atoms with Gasteiger partial charge in [-0.2, -0.15) is 0 Å². The van der Waals surface area contributed by atoms with Crippen molar-refractivity contribution >= 4 is 0 Å². The monoisotopic (exact) mass is 324 g/mol. The number of aliphatic hydroxyl groups is 2. The van der Waals surface area contributed by atoms with E-state index in [-0.39, 0.29) is 18.1 Å². The van der Waals surface area contributed by atoms with E-state index in [1.165, 1.54) is 25.7 Å². The van der Waals surface area contributed by atoms with Gasteiger partial charge in [0.15, 0.2) is 5.79 Å². The van der Waals surface area contributed by atoms with Crippen LogP contribution in [-0.4, -0.2) is 41.4 Å². The van der Waals surface area contributed by atoms with Crippen LogP contribution >= 0.6 is 0 Å². The van der Waals surface area contributed by atoms with E-state index in [9.17, 15) is 10.2 Å². The molecule has 5 atom stereocenters. The first kappa shape index (κ1) is 17.4. The number of ether oxygens (including phenoxy) is 2. The second-order valence-corrected chi connectivity index (χ2v) is 7.52. The number of hydrogen-bond acceptors (Lipinski definition) is 4. The smallest absolute Gasteiger partial charge is 0.171 e. The van der Waals surface area contributed by atoms with Crippen LogP contribution in [0.2, 0.25) is 0 Å². The van der Waals surface area contributed by atoms with Crippen LogP contribution in [0, 0.1) is 17.8 Å². The number of aliphatic hydroxyl groups excluding tert-OH is 2. The summed E-state index contributed by atoms with van der Waals surface area (Å²) in [5, 5.41) is 20.5. The molecule has 0 aromatic rings. The number of rotatable bonds is 8. The fourth-order valence-electron chi connectivity index (χ4n) is 4.63. The van der Waals surface area contributed by atoms with Gasteiger partial charge < -0.3 is 19.7 Å². The minimum atomic E-state index is -0.397. The molecule has 2 aliphatic carbocycles. The van der Waals surface area contributed by atoms with E-state index >= 15 is 0 Å². The predicted molar refractivity (Wildman–Crippen MR) is 88.9 cm³/mol. The normalized spacial score (nSPS) is 36.5. The van der Waals surface area contributed by atoms with E-state index < -0.39 is 5.79 Å². The summed E-state index contributed by atoms with van der Waals surface area (Å²) in [5.74, 6) is 0.511. The van der Waals surface area contributed by atoms with Gasteiger partial charge >= 0.3 is 0 Å². The molecule has 0 bridgehead atoms. The zero-order chi connectivity index (χ0) is 16.3.